The lowest BCUT2D eigenvalue weighted by atomic mass is 10.0. The Morgan fingerprint density at radius 3 is 3.06 bits per heavy atom. The number of anilines is 1. The maximum absolute atomic E-state index is 4.74. The van der Waals surface area contributed by atoms with Gasteiger partial charge in [0.1, 0.15) is 5.82 Å². The maximum atomic E-state index is 4.74. The van der Waals surface area contributed by atoms with E-state index in [0.717, 1.165) is 28.8 Å². The molecule has 0 N–H and O–H groups in total. The molecule has 0 bridgehead atoms. The average molecular weight is 277 g/mol. The van der Waals surface area contributed by atoms with Crippen molar-refractivity contribution >= 4 is 32.7 Å². The molecule has 0 amide bonds. The number of aromatic nitrogens is 1. The number of nitrogens with zero attached hydrogens (tertiary/aromatic N) is 2. The summed E-state index contributed by atoms with van der Waals surface area (Å²) in [6.45, 7) is 1.11. The quantitative estimate of drug-likeness (QED) is 0.734. The van der Waals surface area contributed by atoms with Gasteiger partial charge in [-0.05, 0) is 42.7 Å². The maximum Gasteiger partial charge on any atom is 0.132 e. The molecule has 0 radical (unpaired) electrons. The molecule has 0 saturated heterocycles. The van der Waals surface area contributed by atoms with Crippen LogP contribution in [-0.2, 0) is 6.42 Å². The van der Waals surface area contributed by atoms with Gasteiger partial charge in [-0.3, -0.25) is 0 Å². The van der Waals surface area contributed by atoms with Crippen LogP contribution in [0.3, 0.4) is 0 Å². The van der Waals surface area contributed by atoms with Gasteiger partial charge in [0, 0.05) is 23.5 Å². The predicted molar refractivity (Wildman–Crippen MR) is 71.0 cm³/mol. The van der Waals surface area contributed by atoms with E-state index in [-0.39, 0.29) is 0 Å². The van der Waals surface area contributed by atoms with E-state index in [0.29, 0.717) is 0 Å². The Balaban J connectivity index is 2.26. The van der Waals surface area contributed by atoms with Crippen LogP contribution in [0.5, 0.6) is 0 Å². The third-order valence-electron chi connectivity index (χ3n) is 3.13. The lowest BCUT2D eigenvalue weighted by Crippen LogP contribution is -2.25. The first kappa shape index (κ1) is 10.1. The molecule has 0 spiro atoms. The number of hydrogen-bond acceptors (Lipinski definition) is 2. The topological polar surface area (TPSA) is 16.1 Å². The van der Waals surface area contributed by atoms with Gasteiger partial charge in [0.2, 0.25) is 0 Å². The Morgan fingerprint density at radius 1 is 1.31 bits per heavy atom. The van der Waals surface area contributed by atoms with Gasteiger partial charge < -0.3 is 4.90 Å². The van der Waals surface area contributed by atoms with Crippen molar-refractivity contribution in [2.75, 3.05) is 18.5 Å². The van der Waals surface area contributed by atoms with Crippen molar-refractivity contribution in [3.05, 3.63) is 34.3 Å². The monoisotopic (exact) mass is 276 g/mol. The molecule has 2 nitrogen and oxygen atoms in total. The van der Waals surface area contributed by atoms with Gasteiger partial charge >= 0.3 is 0 Å². The summed E-state index contributed by atoms with van der Waals surface area (Å²) in [5.41, 5.74) is 2.45. The third-order valence-corrected chi connectivity index (χ3v) is 3.63. The third kappa shape index (κ3) is 1.59. The Bertz CT molecular complexity index is 551. The molecule has 0 atom stereocenters. The minimum atomic E-state index is 1.08. The van der Waals surface area contributed by atoms with Crippen LogP contribution in [0.4, 0.5) is 5.82 Å². The largest absolute Gasteiger partial charge is 0.359 e. The van der Waals surface area contributed by atoms with Crippen LogP contribution in [0.2, 0.25) is 0 Å². The second-order valence-electron chi connectivity index (χ2n) is 4.33. The molecule has 0 fully saturated rings. The summed E-state index contributed by atoms with van der Waals surface area (Å²) in [5.74, 6) is 1.15. The minimum Gasteiger partial charge on any atom is -0.359 e. The van der Waals surface area contributed by atoms with E-state index in [2.05, 4.69) is 46.1 Å². The first-order valence-electron chi connectivity index (χ1n) is 5.54. The molecule has 3 heteroatoms. The molecule has 16 heavy (non-hydrogen) atoms. The van der Waals surface area contributed by atoms with Crippen LogP contribution >= 0.6 is 15.9 Å². The van der Waals surface area contributed by atoms with E-state index < -0.39 is 0 Å². The van der Waals surface area contributed by atoms with Gasteiger partial charge in [-0.1, -0.05) is 15.9 Å². The highest BCUT2D eigenvalue weighted by molar-refractivity contribution is 9.10. The number of hydrogen-bond donors (Lipinski definition) is 0. The first-order valence-corrected chi connectivity index (χ1v) is 6.34. The lowest BCUT2D eigenvalue weighted by molar-refractivity contribution is 0.733. The molecule has 2 heterocycles. The summed E-state index contributed by atoms with van der Waals surface area (Å²) in [6.07, 6.45) is 2.37. The van der Waals surface area contributed by atoms with E-state index in [1.807, 2.05) is 6.07 Å². The molecule has 1 aliphatic heterocycles. The molecule has 0 unspecified atom stereocenters. The van der Waals surface area contributed by atoms with Crippen molar-refractivity contribution in [1.29, 1.82) is 0 Å². The molecule has 2 aromatic rings. The second kappa shape index (κ2) is 3.74. The number of fused-ring (bicyclic) bond motifs is 2. The van der Waals surface area contributed by atoms with Crippen LogP contribution in [0.25, 0.3) is 10.9 Å². The van der Waals surface area contributed by atoms with Crippen molar-refractivity contribution in [3.8, 4) is 0 Å². The van der Waals surface area contributed by atoms with Gasteiger partial charge in [0.05, 0.1) is 5.52 Å². The molecular weight excluding hydrogens is 264 g/mol. The molecular formula is C13H13BrN2. The van der Waals surface area contributed by atoms with Gasteiger partial charge in [0.25, 0.3) is 0 Å². The highest BCUT2D eigenvalue weighted by atomic mass is 79.9. The van der Waals surface area contributed by atoms with Crippen molar-refractivity contribution in [1.82, 2.24) is 4.98 Å². The van der Waals surface area contributed by atoms with E-state index >= 15 is 0 Å². The zero-order chi connectivity index (χ0) is 11.1. The van der Waals surface area contributed by atoms with Crippen molar-refractivity contribution in [2.45, 2.75) is 12.8 Å². The average Bonchev–Trinajstić information content (AvgIpc) is 2.27. The van der Waals surface area contributed by atoms with E-state index in [4.69, 9.17) is 4.98 Å². The molecule has 1 aromatic carbocycles. The van der Waals surface area contributed by atoms with Crippen LogP contribution in [0.1, 0.15) is 12.0 Å². The van der Waals surface area contributed by atoms with Gasteiger partial charge in [0.15, 0.2) is 0 Å². The van der Waals surface area contributed by atoms with Crippen molar-refractivity contribution in [2.24, 2.45) is 0 Å². The van der Waals surface area contributed by atoms with E-state index in [1.54, 1.807) is 0 Å². The SMILES string of the molecule is CN1CCCc2cc3cc(Br)ccc3nc21. The molecule has 0 saturated carbocycles. The fourth-order valence-corrected chi connectivity index (χ4v) is 2.69. The normalized spacial score (nSPS) is 15.2. The van der Waals surface area contributed by atoms with Crippen LogP contribution < -0.4 is 4.90 Å². The number of halogens is 1. The van der Waals surface area contributed by atoms with E-state index in [9.17, 15) is 0 Å². The number of rotatable bonds is 0. The summed E-state index contributed by atoms with van der Waals surface area (Å²) in [5, 5.41) is 1.23. The fraction of sp³-hybridized carbons (Fsp3) is 0.308. The number of aryl methyl sites for hydroxylation is 1. The van der Waals surface area contributed by atoms with Crippen LogP contribution in [-0.4, -0.2) is 18.6 Å². The predicted octanol–water partition coefficient (Wildman–Crippen LogP) is 3.38. The van der Waals surface area contributed by atoms with Gasteiger partial charge in [-0.15, -0.1) is 0 Å². The number of benzene rings is 1. The first-order chi connectivity index (χ1) is 7.74. The second-order valence-corrected chi connectivity index (χ2v) is 5.25. The summed E-state index contributed by atoms with van der Waals surface area (Å²) in [7, 11) is 2.12. The van der Waals surface area contributed by atoms with E-state index in [1.165, 1.54) is 17.4 Å². The summed E-state index contributed by atoms with van der Waals surface area (Å²) in [6, 6.07) is 8.53. The van der Waals surface area contributed by atoms with Gasteiger partial charge in [-0.2, -0.15) is 0 Å². The van der Waals surface area contributed by atoms with Gasteiger partial charge in [-0.25, -0.2) is 4.98 Å². The number of pyridine rings is 1. The fourth-order valence-electron chi connectivity index (χ4n) is 2.31. The molecule has 0 aliphatic carbocycles. The Kier molecular flexibility index (Phi) is 2.36. The molecule has 3 rings (SSSR count). The Morgan fingerprint density at radius 2 is 2.19 bits per heavy atom. The molecule has 1 aliphatic rings. The summed E-state index contributed by atoms with van der Waals surface area (Å²) >= 11 is 3.50. The zero-order valence-electron chi connectivity index (χ0n) is 9.20. The molecule has 1 aromatic heterocycles. The highest BCUT2D eigenvalue weighted by Crippen LogP contribution is 2.28. The molecule has 82 valence electrons. The minimum absolute atomic E-state index is 1.08. The smallest absolute Gasteiger partial charge is 0.132 e. The Hall–Kier alpha value is -1.09. The Labute approximate surface area is 103 Å². The van der Waals surface area contributed by atoms with Crippen molar-refractivity contribution in [3.63, 3.8) is 0 Å². The lowest BCUT2D eigenvalue weighted by Gasteiger charge is -2.26. The summed E-state index contributed by atoms with van der Waals surface area (Å²) < 4.78 is 1.12. The van der Waals surface area contributed by atoms with Crippen LogP contribution in [0, 0.1) is 0 Å². The van der Waals surface area contributed by atoms with Crippen LogP contribution in [0.15, 0.2) is 28.7 Å². The highest BCUT2D eigenvalue weighted by Gasteiger charge is 2.15. The summed E-state index contributed by atoms with van der Waals surface area (Å²) in [4.78, 5) is 6.99. The van der Waals surface area contributed by atoms with Crippen molar-refractivity contribution < 1.29 is 0 Å². The standard InChI is InChI=1S/C13H13BrN2/c1-16-6-2-3-9-7-10-8-11(14)4-5-12(10)15-13(9)16/h4-5,7-8H,2-3,6H2,1H3. The zero-order valence-corrected chi connectivity index (χ0v) is 10.8.